The molecule has 0 saturated heterocycles. The van der Waals surface area contributed by atoms with Crippen molar-refractivity contribution in [3.05, 3.63) is 53.5 Å². The summed E-state index contributed by atoms with van der Waals surface area (Å²) < 4.78 is 4.64. The number of thioether (sulfide) groups is 1. The molecule has 0 aliphatic rings. The zero-order chi connectivity index (χ0) is 14.8. The zero-order valence-electron chi connectivity index (χ0n) is 12.2. The van der Waals surface area contributed by atoms with E-state index in [-0.39, 0.29) is 5.97 Å². The summed E-state index contributed by atoms with van der Waals surface area (Å²) in [7, 11) is 1.37. The summed E-state index contributed by atoms with van der Waals surface area (Å²) in [5.74, 6) is -0.326. The number of hydrogen-bond acceptors (Lipinski definition) is 3. The molecule has 1 rings (SSSR count). The summed E-state index contributed by atoms with van der Waals surface area (Å²) in [4.78, 5) is 13.3. The Labute approximate surface area is 120 Å². The van der Waals surface area contributed by atoms with Crippen molar-refractivity contribution in [1.82, 2.24) is 0 Å². The minimum absolute atomic E-state index is 0.326. The van der Waals surface area contributed by atoms with E-state index >= 15 is 0 Å². The van der Waals surface area contributed by atoms with Crippen LogP contribution in [0.25, 0.3) is 4.91 Å². The van der Waals surface area contributed by atoms with Crippen molar-refractivity contribution in [2.75, 3.05) is 7.11 Å². The molecule has 1 aromatic rings. The summed E-state index contributed by atoms with van der Waals surface area (Å²) in [6.45, 7) is 14.0. The highest BCUT2D eigenvalue weighted by Gasteiger charge is 2.06. The van der Waals surface area contributed by atoms with Crippen LogP contribution in [0.3, 0.4) is 0 Å². The lowest BCUT2D eigenvalue weighted by molar-refractivity contribution is 0.0601. The van der Waals surface area contributed by atoms with E-state index in [0.717, 1.165) is 21.8 Å². The molecule has 0 radical (unpaired) electrons. The molecule has 0 spiro atoms. The second-order valence-electron chi connectivity index (χ2n) is 3.49. The van der Waals surface area contributed by atoms with Crippen molar-refractivity contribution in [3.8, 4) is 0 Å². The van der Waals surface area contributed by atoms with E-state index in [4.69, 9.17) is 0 Å². The van der Waals surface area contributed by atoms with E-state index in [1.807, 2.05) is 26.0 Å². The fourth-order valence-electron chi connectivity index (χ4n) is 1.22. The van der Waals surface area contributed by atoms with E-state index in [0.29, 0.717) is 5.56 Å². The van der Waals surface area contributed by atoms with Crippen molar-refractivity contribution in [2.45, 2.75) is 27.2 Å². The van der Waals surface area contributed by atoms with Gasteiger partial charge in [0.25, 0.3) is 0 Å². The molecular weight excluding hydrogens is 256 g/mol. The minimum Gasteiger partial charge on any atom is -0.465 e. The quantitative estimate of drug-likeness (QED) is 0.699. The van der Waals surface area contributed by atoms with Gasteiger partial charge >= 0.3 is 5.97 Å². The van der Waals surface area contributed by atoms with Gasteiger partial charge in [-0.2, -0.15) is 0 Å². The van der Waals surface area contributed by atoms with Crippen molar-refractivity contribution < 1.29 is 9.53 Å². The van der Waals surface area contributed by atoms with Crippen LogP contribution in [0.2, 0.25) is 0 Å². The molecule has 0 aromatic heterocycles. The maximum absolute atomic E-state index is 11.3. The number of ether oxygens (including phenoxy) is 1. The molecule has 3 heteroatoms. The minimum atomic E-state index is -0.326. The van der Waals surface area contributed by atoms with Gasteiger partial charge in [0, 0.05) is 4.91 Å². The fourth-order valence-corrected chi connectivity index (χ4v) is 1.96. The zero-order valence-corrected chi connectivity index (χ0v) is 13.0. The van der Waals surface area contributed by atoms with Crippen LogP contribution in [0.4, 0.5) is 0 Å². The first-order chi connectivity index (χ1) is 9.08. The third-order valence-corrected chi connectivity index (χ3v) is 3.35. The predicted octanol–water partition coefficient (Wildman–Crippen LogP) is 5.13. The molecule has 2 nitrogen and oxygen atoms in total. The van der Waals surface area contributed by atoms with Gasteiger partial charge in [0.2, 0.25) is 0 Å². The molecule has 0 amide bonds. The van der Waals surface area contributed by atoms with Crippen LogP contribution >= 0.6 is 11.8 Å². The van der Waals surface area contributed by atoms with E-state index in [2.05, 4.69) is 24.8 Å². The summed E-state index contributed by atoms with van der Waals surface area (Å²) >= 11 is 1.57. The molecule has 1 aromatic carbocycles. The molecule has 0 atom stereocenters. The number of carbonyl (C=O) groups excluding carboxylic acids is 1. The highest BCUT2D eigenvalue weighted by molar-refractivity contribution is 8.11. The van der Waals surface area contributed by atoms with Crippen LogP contribution in [0.15, 0.2) is 42.3 Å². The second kappa shape index (κ2) is 9.45. The number of hydrogen-bond donors (Lipinski definition) is 0. The molecule has 0 aliphatic carbocycles. The molecule has 0 N–H and O–H groups in total. The van der Waals surface area contributed by atoms with Gasteiger partial charge in [-0.25, -0.2) is 4.79 Å². The largest absolute Gasteiger partial charge is 0.465 e. The van der Waals surface area contributed by atoms with Crippen LogP contribution in [0.1, 0.15) is 43.1 Å². The molecule has 0 fully saturated rings. The first-order valence-electron chi connectivity index (χ1n) is 6.31. The Morgan fingerprint density at radius 3 is 2.05 bits per heavy atom. The Bertz CT molecular complexity index is 433. The molecular formula is C16H22O2S. The number of rotatable bonds is 5. The molecule has 0 bridgehead atoms. The third-order valence-electron chi connectivity index (χ3n) is 2.29. The van der Waals surface area contributed by atoms with Crippen molar-refractivity contribution >= 4 is 22.6 Å². The van der Waals surface area contributed by atoms with Gasteiger partial charge < -0.3 is 4.74 Å². The van der Waals surface area contributed by atoms with Crippen LogP contribution < -0.4 is 0 Å². The Morgan fingerprint density at radius 1 is 1.16 bits per heavy atom. The Morgan fingerprint density at radius 2 is 1.63 bits per heavy atom. The lowest BCUT2D eigenvalue weighted by atomic mass is 10.1. The van der Waals surface area contributed by atoms with Crippen molar-refractivity contribution in [2.24, 2.45) is 0 Å². The number of methoxy groups -OCH3 is 1. The lowest BCUT2D eigenvalue weighted by Crippen LogP contribution is -2.00. The lowest BCUT2D eigenvalue weighted by Gasteiger charge is -2.07. The molecule has 0 heterocycles. The van der Waals surface area contributed by atoms with Gasteiger partial charge in [0.05, 0.1) is 12.7 Å². The smallest absolute Gasteiger partial charge is 0.337 e. The SMILES string of the molecule is C=C(CC)SC(=C)c1ccc(C(=O)OC)cc1.CC. The van der Waals surface area contributed by atoms with E-state index in [1.165, 1.54) is 7.11 Å². The monoisotopic (exact) mass is 278 g/mol. The highest BCUT2D eigenvalue weighted by atomic mass is 32.2. The predicted molar refractivity (Wildman–Crippen MR) is 85.2 cm³/mol. The van der Waals surface area contributed by atoms with Gasteiger partial charge in [-0.3, -0.25) is 0 Å². The number of carbonyl (C=O) groups is 1. The van der Waals surface area contributed by atoms with Gasteiger partial charge in [-0.15, -0.1) is 0 Å². The number of benzene rings is 1. The maximum atomic E-state index is 11.3. The molecule has 0 aliphatic heterocycles. The van der Waals surface area contributed by atoms with Crippen LogP contribution in [-0.4, -0.2) is 13.1 Å². The van der Waals surface area contributed by atoms with Gasteiger partial charge in [0.1, 0.15) is 0 Å². The summed E-state index contributed by atoms with van der Waals surface area (Å²) in [5.41, 5.74) is 1.54. The average molecular weight is 278 g/mol. The van der Waals surface area contributed by atoms with Crippen molar-refractivity contribution in [3.63, 3.8) is 0 Å². The molecule has 104 valence electrons. The van der Waals surface area contributed by atoms with Crippen molar-refractivity contribution in [1.29, 1.82) is 0 Å². The average Bonchev–Trinajstić information content (AvgIpc) is 2.48. The fraction of sp³-hybridized carbons (Fsp3) is 0.312. The molecule has 19 heavy (non-hydrogen) atoms. The molecule has 0 unspecified atom stereocenters. The van der Waals surface area contributed by atoms with E-state index in [1.54, 1.807) is 23.9 Å². The van der Waals surface area contributed by atoms with Crippen LogP contribution in [0, 0.1) is 0 Å². The highest BCUT2D eigenvalue weighted by Crippen LogP contribution is 2.32. The first-order valence-corrected chi connectivity index (χ1v) is 7.13. The van der Waals surface area contributed by atoms with Gasteiger partial charge in [-0.1, -0.05) is 57.8 Å². The maximum Gasteiger partial charge on any atom is 0.337 e. The Kier molecular flexibility index (Phi) is 8.71. The number of allylic oxidation sites excluding steroid dienone is 1. The Balaban J connectivity index is 0.00000154. The second-order valence-corrected chi connectivity index (χ2v) is 4.76. The van der Waals surface area contributed by atoms with Gasteiger partial charge in [0.15, 0.2) is 0 Å². The van der Waals surface area contributed by atoms with Crippen LogP contribution in [0.5, 0.6) is 0 Å². The van der Waals surface area contributed by atoms with Gasteiger partial charge in [-0.05, 0) is 29.0 Å². The van der Waals surface area contributed by atoms with E-state index in [9.17, 15) is 4.79 Å². The Hall–Kier alpha value is -1.48. The normalized spacial score (nSPS) is 9.05. The standard InChI is InChI=1S/C14H16O2S.C2H6/c1-5-10(2)17-11(3)12-6-8-13(9-7-12)14(15)16-4;1-2/h6-9H,2-3,5H2,1,4H3;1-2H3. The summed E-state index contributed by atoms with van der Waals surface area (Å²) in [6.07, 6.45) is 0.921. The van der Waals surface area contributed by atoms with E-state index < -0.39 is 0 Å². The summed E-state index contributed by atoms with van der Waals surface area (Å²) in [6, 6.07) is 7.21. The summed E-state index contributed by atoms with van der Waals surface area (Å²) in [5, 5.41) is 0. The topological polar surface area (TPSA) is 26.3 Å². The third kappa shape index (κ3) is 5.79. The van der Waals surface area contributed by atoms with Crippen LogP contribution in [-0.2, 0) is 4.74 Å². The number of esters is 1. The molecule has 0 saturated carbocycles. The first kappa shape index (κ1) is 17.5.